The van der Waals surface area contributed by atoms with Crippen LogP contribution in [-0.2, 0) is 20.4 Å². The minimum atomic E-state index is -3.45. The van der Waals surface area contributed by atoms with Crippen LogP contribution in [0, 0.1) is 19.8 Å². The Bertz CT molecular complexity index is 950. The fourth-order valence-corrected chi connectivity index (χ4v) is 4.13. The molecule has 0 spiro atoms. The van der Waals surface area contributed by atoms with Crippen molar-refractivity contribution in [1.82, 2.24) is 5.32 Å². The summed E-state index contributed by atoms with van der Waals surface area (Å²) in [5.41, 5.74) is 3.46. The quantitative estimate of drug-likeness (QED) is 0.743. The maximum Gasteiger partial charge on any atom is 0.228 e. The smallest absolute Gasteiger partial charge is 0.228 e. The van der Waals surface area contributed by atoms with E-state index in [0.717, 1.165) is 16.7 Å². The molecule has 0 fully saturated rings. The van der Waals surface area contributed by atoms with Crippen molar-refractivity contribution in [1.29, 1.82) is 0 Å². The van der Waals surface area contributed by atoms with E-state index in [9.17, 15) is 13.2 Å². The number of sulfone groups is 1. The highest BCUT2D eigenvalue weighted by Gasteiger charge is 2.17. The molecular formula is C20H24N2O3S2. The molecule has 0 aliphatic heterocycles. The summed E-state index contributed by atoms with van der Waals surface area (Å²) in [6, 6.07) is 12.1. The average Bonchev–Trinajstić information content (AvgIpc) is 2.57. The lowest BCUT2D eigenvalue weighted by Crippen LogP contribution is -2.36. The summed E-state index contributed by atoms with van der Waals surface area (Å²) in [7, 11) is -3.45. The van der Waals surface area contributed by atoms with Crippen molar-refractivity contribution in [2.45, 2.75) is 38.3 Å². The zero-order valence-electron chi connectivity index (χ0n) is 15.9. The summed E-state index contributed by atoms with van der Waals surface area (Å²) in [6.45, 7) is 7.43. The Morgan fingerprint density at radius 3 is 2.26 bits per heavy atom. The maximum atomic E-state index is 12.7. The van der Waals surface area contributed by atoms with Crippen LogP contribution in [0.2, 0.25) is 0 Å². The predicted octanol–water partition coefficient (Wildman–Crippen LogP) is 3.75. The number of hydrogen-bond acceptors (Lipinski definition) is 4. The van der Waals surface area contributed by atoms with Crippen LogP contribution in [0.15, 0.2) is 47.4 Å². The largest absolute Gasteiger partial charge is 0.332 e. The molecule has 2 aromatic rings. The Morgan fingerprint density at radius 1 is 1.07 bits per heavy atom. The third kappa shape index (κ3) is 5.87. The Labute approximate surface area is 166 Å². The number of carbonyl (C=O) groups excluding carboxylic acids is 1. The van der Waals surface area contributed by atoms with Gasteiger partial charge in [-0.05, 0) is 61.5 Å². The molecule has 144 valence electrons. The molecule has 2 rings (SSSR count). The SMILES string of the molecule is Cc1ccc(CS(=O)(=O)c2ccc(NC(=S)NC(=O)C(C)C)cc2)c(C)c1. The van der Waals surface area contributed by atoms with E-state index in [1.54, 1.807) is 26.0 Å². The van der Waals surface area contributed by atoms with E-state index in [0.29, 0.717) is 5.69 Å². The highest BCUT2D eigenvalue weighted by molar-refractivity contribution is 7.90. The molecule has 0 saturated heterocycles. The van der Waals surface area contributed by atoms with Crippen molar-refractivity contribution in [2.75, 3.05) is 5.32 Å². The van der Waals surface area contributed by atoms with Gasteiger partial charge in [-0.25, -0.2) is 8.42 Å². The molecule has 5 nitrogen and oxygen atoms in total. The molecule has 1 amide bonds. The topological polar surface area (TPSA) is 75.3 Å². The molecule has 2 aromatic carbocycles. The Hall–Kier alpha value is -2.25. The number of carbonyl (C=O) groups is 1. The molecule has 2 N–H and O–H groups in total. The lowest BCUT2D eigenvalue weighted by Gasteiger charge is -2.12. The summed E-state index contributed by atoms with van der Waals surface area (Å²) in [4.78, 5) is 11.9. The number of thiocarbonyl (C=S) groups is 1. The van der Waals surface area contributed by atoms with Crippen LogP contribution < -0.4 is 10.6 Å². The molecular weight excluding hydrogens is 380 g/mol. The lowest BCUT2D eigenvalue weighted by atomic mass is 10.1. The highest BCUT2D eigenvalue weighted by Crippen LogP contribution is 2.21. The molecule has 7 heteroatoms. The van der Waals surface area contributed by atoms with Crippen molar-refractivity contribution in [3.63, 3.8) is 0 Å². The van der Waals surface area contributed by atoms with Crippen molar-refractivity contribution < 1.29 is 13.2 Å². The fraction of sp³-hybridized carbons (Fsp3) is 0.300. The van der Waals surface area contributed by atoms with Gasteiger partial charge in [-0.1, -0.05) is 37.6 Å². The van der Waals surface area contributed by atoms with Crippen molar-refractivity contribution >= 4 is 38.8 Å². The van der Waals surface area contributed by atoms with Gasteiger partial charge in [0.2, 0.25) is 5.91 Å². The molecule has 0 aromatic heterocycles. The first-order chi connectivity index (χ1) is 12.6. The van der Waals surface area contributed by atoms with Crippen LogP contribution in [0.25, 0.3) is 0 Å². The minimum Gasteiger partial charge on any atom is -0.332 e. The zero-order valence-corrected chi connectivity index (χ0v) is 17.5. The normalized spacial score (nSPS) is 11.3. The molecule has 27 heavy (non-hydrogen) atoms. The number of amides is 1. The second kappa shape index (κ2) is 8.63. The van der Waals surface area contributed by atoms with Crippen LogP contribution >= 0.6 is 12.2 Å². The van der Waals surface area contributed by atoms with Crippen LogP contribution in [0.5, 0.6) is 0 Å². The Kier molecular flexibility index (Phi) is 6.73. The number of anilines is 1. The predicted molar refractivity (Wildman–Crippen MR) is 112 cm³/mol. The standard InChI is InChI=1S/C20H24N2O3S2/c1-13(2)19(23)22-20(26)21-17-7-9-18(10-8-17)27(24,25)12-16-6-5-14(3)11-15(16)4/h5-11,13H,12H2,1-4H3,(H2,21,22,23,26). The number of nitrogens with one attached hydrogen (secondary N) is 2. The molecule has 0 bridgehead atoms. The fourth-order valence-electron chi connectivity index (χ4n) is 2.46. The van der Waals surface area contributed by atoms with Gasteiger partial charge in [0, 0.05) is 11.6 Å². The summed E-state index contributed by atoms with van der Waals surface area (Å²) < 4.78 is 25.4. The van der Waals surface area contributed by atoms with Gasteiger partial charge in [-0.3, -0.25) is 4.79 Å². The van der Waals surface area contributed by atoms with E-state index >= 15 is 0 Å². The van der Waals surface area contributed by atoms with Crippen LogP contribution in [0.1, 0.15) is 30.5 Å². The van der Waals surface area contributed by atoms with E-state index < -0.39 is 9.84 Å². The number of rotatable bonds is 5. The summed E-state index contributed by atoms with van der Waals surface area (Å²) >= 11 is 5.09. The van der Waals surface area contributed by atoms with Gasteiger partial charge in [-0.2, -0.15) is 0 Å². The van der Waals surface area contributed by atoms with Crippen molar-refractivity contribution in [3.8, 4) is 0 Å². The Morgan fingerprint density at radius 2 is 1.70 bits per heavy atom. The average molecular weight is 405 g/mol. The van der Waals surface area contributed by atoms with Gasteiger partial charge in [0.1, 0.15) is 0 Å². The van der Waals surface area contributed by atoms with Crippen molar-refractivity contribution in [3.05, 3.63) is 59.2 Å². The summed E-state index contributed by atoms with van der Waals surface area (Å²) in [6.07, 6.45) is 0. The molecule has 0 radical (unpaired) electrons. The first-order valence-electron chi connectivity index (χ1n) is 8.59. The maximum absolute atomic E-state index is 12.7. The van der Waals surface area contributed by atoms with Gasteiger partial charge in [-0.15, -0.1) is 0 Å². The minimum absolute atomic E-state index is 0.0469. The summed E-state index contributed by atoms with van der Waals surface area (Å²) in [5.74, 6) is -0.406. The van der Waals surface area contributed by atoms with Gasteiger partial charge < -0.3 is 10.6 Å². The molecule has 0 heterocycles. The van der Waals surface area contributed by atoms with Crippen LogP contribution in [0.4, 0.5) is 5.69 Å². The zero-order chi connectivity index (χ0) is 20.2. The van der Waals surface area contributed by atoms with E-state index in [1.165, 1.54) is 12.1 Å². The third-order valence-corrected chi connectivity index (χ3v) is 5.96. The second-order valence-electron chi connectivity index (χ2n) is 6.81. The first-order valence-corrected chi connectivity index (χ1v) is 10.7. The number of hydrogen-bond donors (Lipinski definition) is 2. The number of benzene rings is 2. The highest BCUT2D eigenvalue weighted by atomic mass is 32.2. The van der Waals surface area contributed by atoms with Gasteiger partial charge in [0.25, 0.3) is 0 Å². The molecule has 0 aliphatic rings. The Balaban J connectivity index is 2.09. The number of aryl methyl sites for hydroxylation is 2. The lowest BCUT2D eigenvalue weighted by molar-refractivity contribution is -0.122. The molecule has 0 atom stereocenters. The van der Waals surface area contributed by atoms with Gasteiger partial charge in [0.05, 0.1) is 10.6 Å². The van der Waals surface area contributed by atoms with Crippen LogP contribution in [0.3, 0.4) is 0 Å². The monoisotopic (exact) mass is 404 g/mol. The summed E-state index contributed by atoms with van der Waals surface area (Å²) in [5, 5.41) is 5.64. The second-order valence-corrected chi connectivity index (χ2v) is 9.21. The molecule has 0 aliphatic carbocycles. The molecule has 0 unspecified atom stereocenters. The third-order valence-electron chi connectivity index (χ3n) is 4.08. The van der Waals surface area contributed by atoms with Crippen molar-refractivity contribution in [2.24, 2.45) is 5.92 Å². The van der Waals surface area contributed by atoms with E-state index in [-0.39, 0.29) is 27.6 Å². The van der Waals surface area contributed by atoms with Crippen LogP contribution in [-0.4, -0.2) is 19.4 Å². The van der Waals surface area contributed by atoms with Gasteiger partial charge >= 0.3 is 0 Å². The van der Waals surface area contributed by atoms with Gasteiger partial charge in [0.15, 0.2) is 14.9 Å². The van der Waals surface area contributed by atoms with E-state index in [4.69, 9.17) is 12.2 Å². The first kappa shape index (κ1) is 21.1. The van der Waals surface area contributed by atoms with E-state index in [1.807, 2.05) is 32.0 Å². The molecule has 0 saturated carbocycles. The van der Waals surface area contributed by atoms with E-state index in [2.05, 4.69) is 10.6 Å².